The second kappa shape index (κ2) is 8.68. The summed E-state index contributed by atoms with van der Waals surface area (Å²) in [6.07, 6.45) is 2.48. The molecule has 0 aromatic heterocycles. The Hall–Kier alpha value is -0.380. The van der Waals surface area contributed by atoms with Crippen molar-refractivity contribution in [2.24, 2.45) is 0 Å². The summed E-state index contributed by atoms with van der Waals surface area (Å²) in [4.78, 5) is 0. The van der Waals surface area contributed by atoms with Gasteiger partial charge in [-0.05, 0) is 57.9 Å². The van der Waals surface area contributed by atoms with E-state index < -0.39 is 0 Å². The zero-order chi connectivity index (χ0) is 13.4. The monoisotopic (exact) mass is 313 g/mol. The Morgan fingerprint density at radius 2 is 1.83 bits per heavy atom. The van der Waals surface area contributed by atoms with Gasteiger partial charge >= 0.3 is 0 Å². The summed E-state index contributed by atoms with van der Waals surface area (Å²) in [7, 11) is 0. The van der Waals surface area contributed by atoms with E-state index in [0.717, 1.165) is 30.5 Å². The predicted molar refractivity (Wildman–Crippen MR) is 81.0 cm³/mol. The maximum atomic E-state index is 5.51. The molecule has 0 radical (unpaired) electrons. The average molecular weight is 314 g/mol. The van der Waals surface area contributed by atoms with Gasteiger partial charge in [0.2, 0.25) is 0 Å². The fourth-order valence-corrected chi connectivity index (χ4v) is 2.05. The largest absolute Gasteiger partial charge is 0.379 e. The van der Waals surface area contributed by atoms with Crippen molar-refractivity contribution in [2.75, 3.05) is 13.2 Å². The molecule has 0 amide bonds. The molecule has 1 aromatic rings. The summed E-state index contributed by atoms with van der Waals surface area (Å²) < 4.78 is 6.65. The fraction of sp³-hybridized carbons (Fsp3) is 0.600. The number of hydrogen-bond donors (Lipinski definition) is 1. The standard InChI is InChI=1S/C15H24BrNO/c1-12(2)18-10-4-9-17-13(3)11-14-5-7-15(16)8-6-14/h5-8,12-13,17H,4,9-11H2,1-3H3. The van der Waals surface area contributed by atoms with E-state index in [4.69, 9.17) is 4.74 Å². The summed E-state index contributed by atoms with van der Waals surface area (Å²) in [5.74, 6) is 0. The smallest absolute Gasteiger partial charge is 0.0518 e. The third-order valence-electron chi connectivity index (χ3n) is 2.72. The number of ether oxygens (including phenoxy) is 1. The van der Waals surface area contributed by atoms with Gasteiger partial charge in [0.15, 0.2) is 0 Å². The van der Waals surface area contributed by atoms with Crippen LogP contribution in [0.2, 0.25) is 0 Å². The Morgan fingerprint density at radius 3 is 2.44 bits per heavy atom. The van der Waals surface area contributed by atoms with Crippen LogP contribution in [0.5, 0.6) is 0 Å². The van der Waals surface area contributed by atoms with Gasteiger partial charge < -0.3 is 10.1 Å². The Balaban J connectivity index is 2.13. The highest BCUT2D eigenvalue weighted by Gasteiger charge is 2.02. The van der Waals surface area contributed by atoms with Crippen LogP contribution in [0.1, 0.15) is 32.8 Å². The highest BCUT2D eigenvalue weighted by Crippen LogP contribution is 2.11. The molecule has 0 saturated heterocycles. The first kappa shape index (κ1) is 15.7. The molecule has 0 bridgehead atoms. The van der Waals surface area contributed by atoms with E-state index >= 15 is 0 Å². The summed E-state index contributed by atoms with van der Waals surface area (Å²) in [5.41, 5.74) is 1.37. The van der Waals surface area contributed by atoms with Crippen LogP contribution >= 0.6 is 15.9 Å². The number of rotatable bonds is 8. The SMILES string of the molecule is CC(Cc1ccc(Br)cc1)NCCCOC(C)C. The van der Waals surface area contributed by atoms with Gasteiger partial charge in [0.05, 0.1) is 6.10 Å². The molecule has 1 unspecified atom stereocenters. The Bertz CT molecular complexity index is 324. The van der Waals surface area contributed by atoms with E-state index in [2.05, 4.69) is 66.3 Å². The van der Waals surface area contributed by atoms with E-state index in [1.807, 2.05) is 0 Å². The maximum absolute atomic E-state index is 5.51. The van der Waals surface area contributed by atoms with E-state index in [-0.39, 0.29) is 0 Å². The molecule has 0 spiro atoms. The van der Waals surface area contributed by atoms with Crippen molar-refractivity contribution in [2.45, 2.75) is 45.8 Å². The minimum absolute atomic E-state index is 0.338. The molecular formula is C15H24BrNO. The maximum Gasteiger partial charge on any atom is 0.0518 e. The second-order valence-electron chi connectivity index (χ2n) is 4.96. The van der Waals surface area contributed by atoms with Crippen LogP contribution in [0.15, 0.2) is 28.7 Å². The van der Waals surface area contributed by atoms with Crippen molar-refractivity contribution in [1.29, 1.82) is 0 Å². The topological polar surface area (TPSA) is 21.3 Å². The molecule has 2 nitrogen and oxygen atoms in total. The van der Waals surface area contributed by atoms with Gasteiger partial charge in [0.1, 0.15) is 0 Å². The molecule has 0 fully saturated rings. The third-order valence-corrected chi connectivity index (χ3v) is 3.25. The lowest BCUT2D eigenvalue weighted by atomic mass is 10.1. The first-order valence-electron chi connectivity index (χ1n) is 6.67. The quantitative estimate of drug-likeness (QED) is 0.737. The van der Waals surface area contributed by atoms with Crippen LogP contribution in [0, 0.1) is 0 Å². The second-order valence-corrected chi connectivity index (χ2v) is 5.87. The first-order chi connectivity index (χ1) is 8.58. The highest BCUT2D eigenvalue weighted by atomic mass is 79.9. The van der Waals surface area contributed by atoms with Crippen LogP contribution in [-0.2, 0) is 11.2 Å². The number of halogens is 1. The Labute approximate surface area is 119 Å². The molecule has 3 heteroatoms. The van der Waals surface area contributed by atoms with E-state index in [1.54, 1.807) is 0 Å². The van der Waals surface area contributed by atoms with Gasteiger partial charge in [0.25, 0.3) is 0 Å². The summed E-state index contributed by atoms with van der Waals surface area (Å²) in [5, 5.41) is 3.53. The Morgan fingerprint density at radius 1 is 1.17 bits per heavy atom. The van der Waals surface area contributed by atoms with E-state index in [9.17, 15) is 0 Å². The lowest BCUT2D eigenvalue weighted by Gasteiger charge is -2.14. The predicted octanol–water partition coefficient (Wildman–Crippen LogP) is 3.78. The van der Waals surface area contributed by atoms with Gasteiger partial charge in [0, 0.05) is 17.1 Å². The molecule has 0 aliphatic carbocycles. The van der Waals surface area contributed by atoms with Crippen LogP contribution in [-0.4, -0.2) is 25.3 Å². The number of nitrogens with one attached hydrogen (secondary N) is 1. The molecule has 1 aromatic carbocycles. The van der Waals surface area contributed by atoms with Gasteiger partial charge in [-0.2, -0.15) is 0 Å². The molecule has 1 atom stereocenters. The van der Waals surface area contributed by atoms with Crippen LogP contribution in [0.4, 0.5) is 0 Å². The minimum Gasteiger partial charge on any atom is -0.379 e. The average Bonchev–Trinajstić information content (AvgIpc) is 2.31. The normalized spacial score (nSPS) is 12.9. The van der Waals surface area contributed by atoms with Gasteiger partial charge in [-0.3, -0.25) is 0 Å². The molecule has 1 rings (SSSR count). The molecular weight excluding hydrogens is 290 g/mol. The van der Waals surface area contributed by atoms with Gasteiger partial charge in [-0.1, -0.05) is 28.1 Å². The lowest BCUT2D eigenvalue weighted by Crippen LogP contribution is -2.29. The zero-order valence-corrected chi connectivity index (χ0v) is 13.2. The molecule has 102 valence electrons. The molecule has 18 heavy (non-hydrogen) atoms. The van der Waals surface area contributed by atoms with Crippen molar-refractivity contribution in [3.63, 3.8) is 0 Å². The van der Waals surface area contributed by atoms with Crippen molar-refractivity contribution in [3.05, 3.63) is 34.3 Å². The Kier molecular flexibility index (Phi) is 7.56. The molecule has 1 N–H and O–H groups in total. The van der Waals surface area contributed by atoms with E-state index in [1.165, 1.54) is 5.56 Å². The number of hydrogen-bond acceptors (Lipinski definition) is 2. The van der Waals surface area contributed by atoms with Crippen LogP contribution in [0.25, 0.3) is 0 Å². The van der Waals surface area contributed by atoms with Crippen molar-refractivity contribution < 1.29 is 4.74 Å². The molecule has 0 aliphatic heterocycles. The van der Waals surface area contributed by atoms with Crippen molar-refractivity contribution >= 4 is 15.9 Å². The van der Waals surface area contributed by atoms with Gasteiger partial charge in [-0.15, -0.1) is 0 Å². The fourth-order valence-electron chi connectivity index (χ4n) is 1.79. The van der Waals surface area contributed by atoms with Crippen molar-refractivity contribution in [1.82, 2.24) is 5.32 Å². The zero-order valence-electron chi connectivity index (χ0n) is 11.6. The third kappa shape index (κ3) is 7.14. The minimum atomic E-state index is 0.338. The first-order valence-corrected chi connectivity index (χ1v) is 7.46. The summed E-state index contributed by atoms with van der Waals surface area (Å²) >= 11 is 3.45. The molecule has 0 aliphatic rings. The molecule has 0 saturated carbocycles. The molecule has 0 heterocycles. The van der Waals surface area contributed by atoms with Gasteiger partial charge in [-0.25, -0.2) is 0 Å². The van der Waals surface area contributed by atoms with Crippen LogP contribution in [0.3, 0.4) is 0 Å². The highest BCUT2D eigenvalue weighted by molar-refractivity contribution is 9.10. The van der Waals surface area contributed by atoms with Crippen molar-refractivity contribution in [3.8, 4) is 0 Å². The summed E-state index contributed by atoms with van der Waals surface area (Å²) in [6, 6.07) is 9.04. The lowest BCUT2D eigenvalue weighted by molar-refractivity contribution is 0.0768. The van der Waals surface area contributed by atoms with E-state index in [0.29, 0.717) is 12.1 Å². The number of benzene rings is 1. The summed E-state index contributed by atoms with van der Waals surface area (Å²) in [6.45, 7) is 8.23. The van der Waals surface area contributed by atoms with Crippen LogP contribution < -0.4 is 5.32 Å².